The quantitative estimate of drug-likeness (QED) is 0.111. The normalized spacial score (nSPS) is 23.7. The first-order valence-electron chi connectivity index (χ1n) is 12.9. The number of hydrogen-bond donors (Lipinski definition) is 3. The van der Waals surface area contributed by atoms with Crippen molar-refractivity contribution in [3.63, 3.8) is 0 Å². The first-order valence-corrected chi connectivity index (χ1v) is 14.7. The Kier molecular flexibility index (Phi) is 14.7. The van der Waals surface area contributed by atoms with E-state index in [0.717, 1.165) is 44.9 Å². The van der Waals surface area contributed by atoms with E-state index in [2.05, 4.69) is 54.4 Å². The van der Waals surface area contributed by atoms with Crippen LogP contribution in [0.25, 0.3) is 0 Å². The van der Waals surface area contributed by atoms with E-state index in [-0.39, 0.29) is 17.5 Å². The molecule has 2 rings (SSSR count). The van der Waals surface area contributed by atoms with Gasteiger partial charge in [0.1, 0.15) is 6.29 Å². The lowest BCUT2D eigenvalue weighted by atomic mass is 9.79. The predicted molar refractivity (Wildman–Crippen MR) is 145 cm³/mol. The molecule has 0 aromatic heterocycles. The lowest BCUT2D eigenvalue weighted by Crippen LogP contribution is -2.56. The van der Waals surface area contributed by atoms with Gasteiger partial charge in [0.15, 0.2) is 0 Å². The van der Waals surface area contributed by atoms with Gasteiger partial charge in [0, 0.05) is 35.7 Å². The van der Waals surface area contributed by atoms with Crippen LogP contribution in [0.15, 0.2) is 30.3 Å². The molecule has 0 spiro atoms. The van der Waals surface area contributed by atoms with Gasteiger partial charge in [-0.2, -0.15) is 11.8 Å². The van der Waals surface area contributed by atoms with Gasteiger partial charge in [0.25, 0.3) is 0 Å². The zero-order chi connectivity index (χ0) is 23.9. The molecule has 1 aliphatic rings. The molecule has 6 atom stereocenters. The van der Waals surface area contributed by atoms with Crippen LogP contribution >= 0.6 is 23.4 Å². The van der Waals surface area contributed by atoms with Crippen molar-refractivity contribution >= 4 is 29.6 Å². The van der Waals surface area contributed by atoms with Crippen LogP contribution in [0.1, 0.15) is 76.7 Å². The van der Waals surface area contributed by atoms with Gasteiger partial charge in [-0.05, 0) is 81.9 Å². The Hall–Kier alpha value is -0.590. The summed E-state index contributed by atoms with van der Waals surface area (Å²) in [6, 6.07) is 11.1. The Bertz CT molecular complexity index is 633. The maximum absolute atomic E-state index is 10.8. The van der Waals surface area contributed by atoms with Crippen molar-refractivity contribution in [3.05, 3.63) is 35.9 Å². The number of thioether (sulfide) groups is 1. The number of nitrogens with one attached hydrogen (secondary N) is 2. The van der Waals surface area contributed by atoms with E-state index in [0.29, 0.717) is 23.5 Å². The van der Waals surface area contributed by atoms with Crippen LogP contribution in [0.5, 0.6) is 0 Å². The van der Waals surface area contributed by atoms with Gasteiger partial charge in [0.05, 0.1) is 0 Å². The lowest BCUT2D eigenvalue weighted by molar-refractivity contribution is -0.108. The number of aryl methyl sites for hydroxylation is 1. The van der Waals surface area contributed by atoms with Gasteiger partial charge in [-0.15, -0.1) is 11.6 Å². The van der Waals surface area contributed by atoms with Crippen LogP contribution in [0.4, 0.5) is 0 Å². The Morgan fingerprint density at radius 3 is 2.61 bits per heavy atom. The van der Waals surface area contributed by atoms with E-state index < -0.39 is 0 Å². The number of nitrogens with two attached hydrogens (primary N) is 1. The third-order valence-electron chi connectivity index (χ3n) is 7.21. The van der Waals surface area contributed by atoms with Crippen LogP contribution in [0.2, 0.25) is 0 Å². The second-order valence-corrected chi connectivity index (χ2v) is 11.6. The molecule has 0 bridgehead atoms. The number of hydrogen-bond acceptors (Lipinski definition) is 5. The number of aldehydes is 1. The van der Waals surface area contributed by atoms with Gasteiger partial charge in [-0.1, -0.05) is 43.2 Å². The fourth-order valence-electron chi connectivity index (χ4n) is 5.12. The minimum atomic E-state index is 0.0145. The highest BCUT2D eigenvalue weighted by atomic mass is 35.5. The van der Waals surface area contributed by atoms with Crippen LogP contribution in [-0.2, 0) is 11.2 Å². The molecule has 0 heterocycles. The summed E-state index contributed by atoms with van der Waals surface area (Å²) in [5, 5.41) is 0.696. The number of halogens is 1. The molecule has 0 aliphatic heterocycles. The summed E-state index contributed by atoms with van der Waals surface area (Å²) in [5.41, 5.74) is 15.0. The van der Waals surface area contributed by atoms with E-state index in [4.69, 9.17) is 17.3 Å². The van der Waals surface area contributed by atoms with Crippen LogP contribution < -0.4 is 16.6 Å². The molecule has 4 N–H and O–H groups in total. The van der Waals surface area contributed by atoms with E-state index in [9.17, 15) is 4.79 Å². The first-order chi connectivity index (χ1) is 16.0. The number of benzene rings is 1. The van der Waals surface area contributed by atoms with E-state index in [1.165, 1.54) is 37.7 Å². The molecule has 6 heteroatoms. The Balaban J connectivity index is 1.77. The molecule has 0 saturated heterocycles. The minimum absolute atomic E-state index is 0.0145. The molecule has 1 aromatic rings. The van der Waals surface area contributed by atoms with Crippen molar-refractivity contribution in [3.8, 4) is 0 Å². The highest BCUT2D eigenvalue weighted by molar-refractivity contribution is 7.99. The topological polar surface area (TPSA) is 67.2 Å². The molecule has 4 nitrogen and oxygen atoms in total. The summed E-state index contributed by atoms with van der Waals surface area (Å²) < 4.78 is 0. The lowest BCUT2D eigenvalue weighted by Gasteiger charge is -2.40. The molecule has 6 unspecified atom stereocenters. The second-order valence-electron chi connectivity index (χ2n) is 9.78. The van der Waals surface area contributed by atoms with Crippen molar-refractivity contribution in [2.45, 2.75) is 100 Å². The second kappa shape index (κ2) is 16.9. The summed E-state index contributed by atoms with van der Waals surface area (Å²) in [6.45, 7) is 2.98. The fourth-order valence-corrected chi connectivity index (χ4v) is 6.16. The van der Waals surface area contributed by atoms with Crippen molar-refractivity contribution in [2.24, 2.45) is 17.6 Å². The fraction of sp³-hybridized carbons (Fsp3) is 0.741. The SMILES string of the molecule is CSC1CCC(N)C(C(NNCC(CCCC=O)CCCCCc2ccccc2)C(C)Cl)C1. The molecule has 188 valence electrons. The number of unbranched alkanes of at least 4 members (excludes halogenated alkanes) is 3. The summed E-state index contributed by atoms with van der Waals surface area (Å²) >= 11 is 8.57. The minimum Gasteiger partial charge on any atom is -0.327 e. The summed E-state index contributed by atoms with van der Waals surface area (Å²) in [7, 11) is 0. The Morgan fingerprint density at radius 1 is 1.15 bits per heavy atom. The predicted octanol–water partition coefficient (Wildman–Crippen LogP) is 5.72. The average Bonchev–Trinajstić information content (AvgIpc) is 2.82. The summed E-state index contributed by atoms with van der Waals surface area (Å²) in [6.07, 6.45) is 15.4. The summed E-state index contributed by atoms with van der Waals surface area (Å²) in [5.74, 6) is 0.960. The standard InChI is InChI=1S/C27H46ClN3OS/c1-21(28)27(25-19-24(33-2)16-17-26(25)29)31-30-20-23(15-9-10-18-32)14-8-4-7-13-22-11-5-3-6-12-22/h3,5-6,11-12,18,21,23-27,30-31H,4,7-10,13-17,19-20,29H2,1-2H3. The average molecular weight is 496 g/mol. The highest BCUT2D eigenvalue weighted by Crippen LogP contribution is 2.34. The van der Waals surface area contributed by atoms with E-state index in [1.807, 2.05) is 11.8 Å². The van der Waals surface area contributed by atoms with Gasteiger partial charge in [-0.25, -0.2) is 0 Å². The smallest absolute Gasteiger partial charge is 0.119 e. The molecule has 1 saturated carbocycles. The van der Waals surface area contributed by atoms with Crippen molar-refractivity contribution in [2.75, 3.05) is 12.8 Å². The third-order valence-corrected chi connectivity index (χ3v) is 8.58. The molecule has 1 aliphatic carbocycles. The molecule has 0 radical (unpaired) electrons. The molecule has 0 amide bonds. The van der Waals surface area contributed by atoms with Gasteiger partial charge in [0.2, 0.25) is 0 Å². The maximum atomic E-state index is 10.8. The first kappa shape index (κ1) is 28.6. The molecule has 1 fully saturated rings. The molecular weight excluding hydrogens is 450 g/mol. The van der Waals surface area contributed by atoms with E-state index in [1.54, 1.807) is 0 Å². The van der Waals surface area contributed by atoms with Crippen molar-refractivity contribution < 1.29 is 4.79 Å². The largest absolute Gasteiger partial charge is 0.327 e. The van der Waals surface area contributed by atoms with E-state index >= 15 is 0 Å². The number of carbonyl (C=O) groups is 1. The number of rotatable bonds is 17. The zero-order valence-corrected chi connectivity index (χ0v) is 22.3. The number of carbonyl (C=O) groups excluding carboxylic acids is 1. The van der Waals surface area contributed by atoms with Gasteiger partial charge in [-0.3, -0.25) is 10.9 Å². The number of hydrazine groups is 1. The molecule has 33 heavy (non-hydrogen) atoms. The number of alkyl halides is 1. The Morgan fingerprint density at radius 2 is 1.91 bits per heavy atom. The van der Waals surface area contributed by atoms with Crippen LogP contribution in [0.3, 0.4) is 0 Å². The Labute approximate surface area is 211 Å². The van der Waals surface area contributed by atoms with Gasteiger partial charge >= 0.3 is 0 Å². The van der Waals surface area contributed by atoms with Crippen LogP contribution in [-0.4, -0.2) is 41.8 Å². The van der Waals surface area contributed by atoms with Crippen molar-refractivity contribution in [1.82, 2.24) is 10.9 Å². The highest BCUT2D eigenvalue weighted by Gasteiger charge is 2.35. The van der Waals surface area contributed by atoms with Crippen molar-refractivity contribution in [1.29, 1.82) is 0 Å². The monoisotopic (exact) mass is 495 g/mol. The molecular formula is C27H46ClN3OS. The van der Waals surface area contributed by atoms with Gasteiger partial charge < -0.3 is 10.5 Å². The van der Waals surface area contributed by atoms with Crippen LogP contribution in [0, 0.1) is 11.8 Å². The zero-order valence-electron chi connectivity index (χ0n) is 20.7. The maximum Gasteiger partial charge on any atom is 0.119 e. The third kappa shape index (κ3) is 11.1. The summed E-state index contributed by atoms with van der Waals surface area (Å²) in [4.78, 5) is 10.8. The molecule has 1 aromatic carbocycles.